The maximum absolute atomic E-state index is 12.7. The van der Waals surface area contributed by atoms with Gasteiger partial charge in [-0.1, -0.05) is 17.3 Å². The van der Waals surface area contributed by atoms with Gasteiger partial charge >= 0.3 is 5.97 Å². The van der Waals surface area contributed by atoms with E-state index in [4.69, 9.17) is 4.74 Å². The van der Waals surface area contributed by atoms with Crippen LogP contribution in [0.1, 0.15) is 28.0 Å². The molecule has 0 N–H and O–H groups in total. The summed E-state index contributed by atoms with van der Waals surface area (Å²) in [4.78, 5) is 16.4. The molecule has 0 aliphatic rings. The normalized spacial score (nSPS) is 11.1. The highest BCUT2D eigenvalue weighted by atomic mass is 19.3. The van der Waals surface area contributed by atoms with Gasteiger partial charge in [0.15, 0.2) is 0 Å². The number of para-hydroxylation sites is 1. The Morgan fingerprint density at radius 1 is 1.41 bits per heavy atom. The summed E-state index contributed by atoms with van der Waals surface area (Å²) >= 11 is 0. The highest BCUT2D eigenvalue weighted by molar-refractivity contribution is 5.91. The van der Waals surface area contributed by atoms with Crippen molar-refractivity contribution in [2.75, 3.05) is 7.11 Å². The number of aromatic nitrogens is 2. The van der Waals surface area contributed by atoms with E-state index >= 15 is 0 Å². The lowest BCUT2D eigenvalue weighted by molar-refractivity contribution is 0.0508. The van der Waals surface area contributed by atoms with Crippen LogP contribution in [-0.4, -0.2) is 29.1 Å². The van der Waals surface area contributed by atoms with E-state index < -0.39 is 18.1 Å². The van der Waals surface area contributed by atoms with Gasteiger partial charge < -0.3 is 9.57 Å². The van der Waals surface area contributed by atoms with E-state index in [0.717, 1.165) is 10.9 Å². The molecule has 0 radical (unpaired) electrons. The van der Waals surface area contributed by atoms with Gasteiger partial charge in [-0.2, -0.15) is 5.10 Å². The summed E-state index contributed by atoms with van der Waals surface area (Å²) in [6.07, 6.45) is -0.459. The van der Waals surface area contributed by atoms with Crippen molar-refractivity contribution < 1.29 is 23.1 Å². The summed E-state index contributed by atoms with van der Waals surface area (Å²) in [7, 11) is 2.92. The molecule has 1 aromatic carbocycles. The molecular weight excluding hydrogens is 296 g/mol. The van der Waals surface area contributed by atoms with Crippen molar-refractivity contribution in [3.05, 3.63) is 47.3 Å². The highest BCUT2D eigenvalue weighted by Crippen LogP contribution is 2.21. The van der Waals surface area contributed by atoms with Crippen molar-refractivity contribution >= 4 is 12.2 Å². The fourth-order valence-corrected chi connectivity index (χ4v) is 1.78. The van der Waals surface area contributed by atoms with Crippen LogP contribution >= 0.6 is 0 Å². The zero-order valence-electron chi connectivity index (χ0n) is 11.9. The van der Waals surface area contributed by atoms with E-state index in [0.29, 0.717) is 11.3 Å². The Hall–Kier alpha value is -2.77. The van der Waals surface area contributed by atoms with Gasteiger partial charge in [0, 0.05) is 18.8 Å². The molecule has 0 fully saturated rings. The fraction of sp³-hybridized carbons (Fsp3) is 0.214. The van der Waals surface area contributed by atoms with E-state index in [-0.39, 0.29) is 5.56 Å². The van der Waals surface area contributed by atoms with Gasteiger partial charge in [0.05, 0.1) is 13.3 Å². The van der Waals surface area contributed by atoms with Crippen LogP contribution in [-0.2, 0) is 11.9 Å². The number of rotatable bonds is 5. The van der Waals surface area contributed by atoms with Crippen molar-refractivity contribution in [2.45, 2.75) is 6.43 Å². The molecule has 1 aromatic heterocycles. The Kier molecular flexibility index (Phi) is 4.82. The average Bonchev–Trinajstić information content (AvgIpc) is 2.90. The first-order valence-corrected chi connectivity index (χ1v) is 6.22. The SMILES string of the molecule is COc1ccccc1/C=N/OC(=O)c1cn(C)nc1C(F)F. The van der Waals surface area contributed by atoms with Crippen molar-refractivity contribution in [1.82, 2.24) is 9.78 Å². The van der Waals surface area contributed by atoms with Crippen molar-refractivity contribution in [1.29, 1.82) is 0 Å². The van der Waals surface area contributed by atoms with Gasteiger partial charge in [-0.3, -0.25) is 4.68 Å². The first-order valence-electron chi connectivity index (χ1n) is 6.22. The van der Waals surface area contributed by atoms with Gasteiger partial charge in [0.2, 0.25) is 0 Å². The molecule has 0 aliphatic carbocycles. The molecule has 22 heavy (non-hydrogen) atoms. The lowest BCUT2D eigenvalue weighted by Gasteiger charge is -2.02. The lowest BCUT2D eigenvalue weighted by Crippen LogP contribution is -2.04. The number of aryl methyl sites for hydroxylation is 1. The smallest absolute Gasteiger partial charge is 0.369 e. The molecule has 2 rings (SSSR count). The number of hydrogen-bond donors (Lipinski definition) is 0. The summed E-state index contributed by atoms with van der Waals surface area (Å²) in [6.45, 7) is 0. The number of hydrogen-bond acceptors (Lipinski definition) is 5. The minimum Gasteiger partial charge on any atom is -0.496 e. The number of ether oxygens (including phenoxy) is 1. The predicted molar refractivity (Wildman–Crippen MR) is 74.2 cm³/mol. The monoisotopic (exact) mass is 309 g/mol. The van der Waals surface area contributed by atoms with Crippen LogP contribution in [0.15, 0.2) is 35.6 Å². The minimum absolute atomic E-state index is 0.324. The Morgan fingerprint density at radius 3 is 2.82 bits per heavy atom. The van der Waals surface area contributed by atoms with Gasteiger partial charge in [0.1, 0.15) is 17.0 Å². The van der Waals surface area contributed by atoms with E-state index in [1.807, 2.05) is 0 Å². The van der Waals surface area contributed by atoms with Gasteiger partial charge in [-0.25, -0.2) is 13.6 Å². The van der Waals surface area contributed by atoms with Crippen molar-refractivity contribution in [3.63, 3.8) is 0 Å². The van der Waals surface area contributed by atoms with Crippen LogP contribution < -0.4 is 4.74 Å². The Balaban J connectivity index is 2.11. The molecule has 0 spiro atoms. The van der Waals surface area contributed by atoms with E-state index in [2.05, 4.69) is 15.1 Å². The van der Waals surface area contributed by atoms with Gasteiger partial charge in [-0.15, -0.1) is 0 Å². The summed E-state index contributed by atoms with van der Waals surface area (Å²) in [5.74, 6) is -0.466. The molecule has 0 saturated heterocycles. The van der Waals surface area contributed by atoms with Crippen molar-refractivity contribution in [3.8, 4) is 5.75 Å². The maximum Gasteiger partial charge on any atom is 0.369 e. The van der Waals surface area contributed by atoms with Crippen LogP contribution in [0.5, 0.6) is 5.75 Å². The van der Waals surface area contributed by atoms with Crippen LogP contribution in [0.3, 0.4) is 0 Å². The van der Waals surface area contributed by atoms with E-state index in [1.54, 1.807) is 24.3 Å². The van der Waals surface area contributed by atoms with E-state index in [9.17, 15) is 13.6 Å². The Morgan fingerprint density at radius 2 is 2.14 bits per heavy atom. The molecule has 0 bridgehead atoms. The molecule has 0 unspecified atom stereocenters. The van der Waals surface area contributed by atoms with Crippen molar-refractivity contribution in [2.24, 2.45) is 12.2 Å². The number of carbonyl (C=O) groups is 1. The molecule has 1 heterocycles. The quantitative estimate of drug-likeness (QED) is 0.484. The number of halogens is 2. The van der Waals surface area contributed by atoms with Crippen LogP contribution in [0.2, 0.25) is 0 Å². The molecule has 0 saturated carbocycles. The Bertz CT molecular complexity index is 698. The van der Waals surface area contributed by atoms with E-state index in [1.165, 1.54) is 20.4 Å². The Labute approximate surface area is 124 Å². The molecule has 116 valence electrons. The number of oxime groups is 1. The maximum atomic E-state index is 12.7. The number of carbonyl (C=O) groups excluding carboxylic acids is 1. The zero-order valence-corrected chi connectivity index (χ0v) is 11.9. The lowest BCUT2D eigenvalue weighted by atomic mass is 10.2. The molecule has 0 aliphatic heterocycles. The molecule has 0 amide bonds. The molecule has 0 atom stereocenters. The summed E-state index contributed by atoms with van der Waals surface area (Å²) < 4.78 is 31.7. The second-order valence-corrected chi connectivity index (χ2v) is 4.26. The van der Waals surface area contributed by atoms with Crippen LogP contribution in [0, 0.1) is 0 Å². The standard InChI is InChI=1S/C14H13F2N3O3/c1-19-8-10(12(18-19)13(15)16)14(20)22-17-7-9-5-3-4-6-11(9)21-2/h3-8,13H,1-2H3/b17-7+. The summed E-state index contributed by atoms with van der Waals surface area (Å²) in [5.41, 5.74) is -0.382. The second-order valence-electron chi connectivity index (χ2n) is 4.26. The van der Waals surface area contributed by atoms with Crippen LogP contribution in [0.4, 0.5) is 8.78 Å². The fourth-order valence-electron chi connectivity index (χ4n) is 1.78. The average molecular weight is 309 g/mol. The molecule has 6 nitrogen and oxygen atoms in total. The number of benzene rings is 1. The molecule has 2 aromatic rings. The third-order valence-electron chi connectivity index (χ3n) is 2.75. The van der Waals surface area contributed by atoms with Gasteiger partial charge in [0.25, 0.3) is 6.43 Å². The summed E-state index contributed by atoms with van der Waals surface area (Å²) in [6, 6.07) is 6.93. The topological polar surface area (TPSA) is 65.7 Å². The number of methoxy groups -OCH3 is 1. The third-order valence-corrected chi connectivity index (χ3v) is 2.75. The first kappa shape index (κ1) is 15.6. The van der Waals surface area contributed by atoms with Gasteiger partial charge in [-0.05, 0) is 12.1 Å². The van der Waals surface area contributed by atoms with Crippen LogP contribution in [0.25, 0.3) is 0 Å². The first-order chi connectivity index (χ1) is 10.5. The molecule has 8 heteroatoms. The highest BCUT2D eigenvalue weighted by Gasteiger charge is 2.23. The number of nitrogens with zero attached hydrogens (tertiary/aromatic N) is 3. The largest absolute Gasteiger partial charge is 0.496 e. The second kappa shape index (κ2) is 6.79. The molecular formula is C14H13F2N3O3. The number of alkyl halides is 2. The summed E-state index contributed by atoms with van der Waals surface area (Å²) in [5, 5.41) is 7.02. The predicted octanol–water partition coefficient (Wildman–Crippen LogP) is 2.56. The zero-order chi connectivity index (χ0) is 16.1. The third kappa shape index (κ3) is 3.46. The minimum atomic E-state index is -2.87.